The molecule has 0 saturated heterocycles. The lowest BCUT2D eigenvalue weighted by molar-refractivity contribution is 0.621. The molecule has 3 aromatic rings. The van der Waals surface area contributed by atoms with E-state index >= 15 is 0 Å². The van der Waals surface area contributed by atoms with E-state index in [1.807, 2.05) is 16.8 Å². The molecule has 3 rings (SSSR count). The quantitative estimate of drug-likeness (QED) is 0.727. The van der Waals surface area contributed by atoms with Gasteiger partial charge in [0, 0.05) is 12.6 Å². The van der Waals surface area contributed by atoms with E-state index in [1.165, 1.54) is 0 Å². The van der Waals surface area contributed by atoms with Gasteiger partial charge in [0.1, 0.15) is 5.82 Å². The van der Waals surface area contributed by atoms with Crippen molar-refractivity contribution in [2.45, 2.75) is 40.0 Å². The van der Waals surface area contributed by atoms with Crippen LogP contribution in [-0.2, 0) is 6.42 Å². The van der Waals surface area contributed by atoms with Crippen molar-refractivity contribution in [1.82, 2.24) is 19.6 Å². The van der Waals surface area contributed by atoms with Crippen LogP contribution in [0.2, 0.25) is 0 Å². The first kappa shape index (κ1) is 14.7. The minimum atomic E-state index is 0.412. The lowest BCUT2D eigenvalue weighted by Crippen LogP contribution is -2.03. The SMILES string of the molecule is CC(C)Cc1nccc(-c2cccc3cc(C(C)C)nn23)n1. The van der Waals surface area contributed by atoms with Crippen LogP contribution < -0.4 is 0 Å². The van der Waals surface area contributed by atoms with Crippen molar-refractivity contribution in [3.63, 3.8) is 0 Å². The Hall–Kier alpha value is -2.23. The third-order valence-electron chi connectivity index (χ3n) is 3.66. The molecule has 0 aliphatic carbocycles. The van der Waals surface area contributed by atoms with Crippen LogP contribution in [0.25, 0.3) is 16.9 Å². The van der Waals surface area contributed by atoms with Crippen LogP contribution in [0.4, 0.5) is 0 Å². The topological polar surface area (TPSA) is 43.1 Å². The van der Waals surface area contributed by atoms with Crippen molar-refractivity contribution in [3.8, 4) is 11.4 Å². The van der Waals surface area contributed by atoms with E-state index in [0.29, 0.717) is 11.8 Å². The van der Waals surface area contributed by atoms with E-state index in [9.17, 15) is 0 Å². The molecule has 4 heteroatoms. The molecule has 0 bridgehead atoms. The van der Waals surface area contributed by atoms with Crippen LogP contribution in [0, 0.1) is 5.92 Å². The molecule has 0 aromatic carbocycles. The Balaban J connectivity index is 2.09. The molecule has 3 aromatic heterocycles. The van der Waals surface area contributed by atoms with Gasteiger partial charge in [0.05, 0.1) is 22.6 Å². The molecule has 0 radical (unpaired) electrons. The molecule has 3 heterocycles. The van der Waals surface area contributed by atoms with Gasteiger partial charge < -0.3 is 0 Å². The molecule has 0 unspecified atom stereocenters. The molecule has 4 nitrogen and oxygen atoms in total. The van der Waals surface area contributed by atoms with Crippen LogP contribution in [0.5, 0.6) is 0 Å². The molecule has 0 aliphatic rings. The molecule has 0 atom stereocenters. The summed E-state index contributed by atoms with van der Waals surface area (Å²) in [6.45, 7) is 8.68. The van der Waals surface area contributed by atoms with Crippen LogP contribution >= 0.6 is 0 Å². The Morgan fingerprint density at radius 3 is 2.64 bits per heavy atom. The fourth-order valence-electron chi connectivity index (χ4n) is 2.52. The maximum atomic E-state index is 4.74. The van der Waals surface area contributed by atoms with E-state index in [1.54, 1.807) is 0 Å². The highest BCUT2D eigenvalue weighted by molar-refractivity contribution is 5.61. The van der Waals surface area contributed by atoms with E-state index in [4.69, 9.17) is 10.1 Å². The molecule has 0 amide bonds. The fourth-order valence-corrected chi connectivity index (χ4v) is 2.52. The molecule has 0 spiro atoms. The van der Waals surface area contributed by atoms with Gasteiger partial charge >= 0.3 is 0 Å². The Morgan fingerprint density at radius 2 is 1.91 bits per heavy atom. The largest absolute Gasteiger partial charge is 0.241 e. The molecule has 0 aliphatic heterocycles. The molecular weight excluding hydrogens is 272 g/mol. The molecular formula is C18H22N4. The summed E-state index contributed by atoms with van der Waals surface area (Å²) >= 11 is 0. The maximum Gasteiger partial charge on any atom is 0.129 e. The number of hydrogen-bond acceptors (Lipinski definition) is 3. The summed E-state index contributed by atoms with van der Waals surface area (Å²) < 4.78 is 1.98. The summed E-state index contributed by atoms with van der Waals surface area (Å²) in [7, 11) is 0. The molecule has 114 valence electrons. The number of pyridine rings is 1. The number of nitrogens with zero attached hydrogens (tertiary/aromatic N) is 4. The van der Waals surface area contributed by atoms with Crippen molar-refractivity contribution < 1.29 is 0 Å². The first-order valence-corrected chi connectivity index (χ1v) is 7.85. The van der Waals surface area contributed by atoms with Gasteiger partial charge in [0.2, 0.25) is 0 Å². The molecule has 0 saturated carbocycles. The second kappa shape index (κ2) is 5.87. The van der Waals surface area contributed by atoms with Gasteiger partial charge in [-0.3, -0.25) is 0 Å². The highest BCUT2D eigenvalue weighted by atomic mass is 15.2. The lowest BCUT2D eigenvalue weighted by atomic mass is 10.1. The van der Waals surface area contributed by atoms with Crippen LogP contribution in [-0.4, -0.2) is 19.6 Å². The van der Waals surface area contributed by atoms with E-state index < -0.39 is 0 Å². The van der Waals surface area contributed by atoms with Crippen molar-refractivity contribution >= 4 is 5.52 Å². The summed E-state index contributed by atoms with van der Waals surface area (Å²) in [5.74, 6) is 1.85. The number of rotatable bonds is 4. The van der Waals surface area contributed by atoms with Gasteiger partial charge in [-0.2, -0.15) is 5.10 Å². The highest BCUT2D eigenvalue weighted by Crippen LogP contribution is 2.22. The zero-order valence-corrected chi connectivity index (χ0v) is 13.6. The molecule has 0 N–H and O–H groups in total. The Morgan fingerprint density at radius 1 is 1.09 bits per heavy atom. The monoisotopic (exact) mass is 294 g/mol. The zero-order chi connectivity index (χ0) is 15.7. The summed E-state index contributed by atoms with van der Waals surface area (Å²) in [6, 6.07) is 10.3. The number of fused-ring (bicyclic) bond motifs is 1. The first-order valence-electron chi connectivity index (χ1n) is 7.85. The Bertz CT molecular complexity index is 787. The average molecular weight is 294 g/mol. The summed E-state index contributed by atoms with van der Waals surface area (Å²) in [4.78, 5) is 9.09. The highest BCUT2D eigenvalue weighted by Gasteiger charge is 2.11. The predicted octanol–water partition coefficient (Wildman–Crippen LogP) is 4.11. The Kier molecular flexibility index (Phi) is 3.92. The fraction of sp³-hybridized carbons (Fsp3) is 0.389. The van der Waals surface area contributed by atoms with Crippen molar-refractivity contribution in [2.24, 2.45) is 5.92 Å². The van der Waals surface area contributed by atoms with Crippen LogP contribution in [0.3, 0.4) is 0 Å². The van der Waals surface area contributed by atoms with Crippen molar-refractivity contribution in [3.05, 3.63) is 48.0 Å². The second-order valence-electron chi connectivity index (χ2n) is 6.43. The summed E-state index contributed by atoms with van der Waals surface area (Å²) in [5.41, 5.74) is 4.14. The Labute approximate surface area is 131 Å². The van der Waals surface area contributed by atoms with E-state index in [0.717, 1.165) is 34.8 Å². The normalized spacial score (nSPS) is 11.7. The first-order chi connectivity index (χ1) is 10.5. The van der Waals surface area contributed by atoms with Crippen LogP contribution in [0.1, 0.15) is 45.1 Å². The number of hydrogen-bond donors (Lipinski definition) is 0. The summed E-state index contributed by atoms with van der Waals surface area (Å²) in [6.07, 6.45) is 2.73. The minimum absolute atomic E-state index is 0.412. The molecule has 22 heavy (non-hydrogen) atoms. The second-order valence-corrected chi connectivity index (χ2v) is 6.43. The van der Waals surface area contributed by atoms with Gasteiger partial charge in [0.15, 0.2) is 0 Å². The standard InChI is InChI=1S/C18H22N4/c1-12(2)10-18-19-9-8-15(20-18)17-7-5-6-14-11-16(13(3)4)21-22(14)17/h5-9,11-13H,10H2,1-4H3. The van der Waals surface area contributed by atoms with Gasteiger partial charge in [-0.25, -0.2) is 14.5 Å². The van der Waals surface area contributed by atoms with Gasteiger partial charge in [-0.15, -0.1) is 0 Å². The predicted molar refractivity (Wildman–Crippen MR) is 88.8 cm³/mol. The average Bonchev–Trinajstić information content (AvgIpc) is 2.91. The van der Waals surface area contributed by atoms with Gasteiger partial charge in [0.25, 0.3) is 0 Å². The summed E-state index contributed by atoms with van der Waals surface area (Å²) in [5, 5.41) is 4.74. The van der Waals surface area contributed by atoms with Gasteiger partial charge in [-0.1, -0.05) is 33.8 Å². The lowest BCUT2D eigenvalue weighted by Gasteiger charge is -2.07. The molecule has 0 fully saturated rings. The zero-order valence-electron chi connectivity index (χ0n) is 13.6. The van der Waals surface area contributed by atoms with Crippen molar-refractivity contribution in [2.75, 3.05) is 0 Å². The third kappa shape index (κ3) is 2.86. The number of aromatic nitrogens is 4. The van der Waals surface area contributed by atoms with E-state index in [-0.39, 0.29) is 0 Å². The smallest absolute Gasteiger partial charge is 0.129 e. The van der Waals surface area contributed by atoms with Crippen molar-refractivity contribution in [1.29, 1.82) is 0 Å². The van der Waals surface area contributed by atoms with Gasteiger partial charge in [-0.05, 0) is 36.1 Å². The third-order valence-corrected chi connectivity index (χ3v) is 3.66. The minimum Gasteiger partial charge on any atom is -0.241 e. The van der Waals surface area contributed by atoms with E-state index in [2.05, 4.69) is 56.9 Å². The maximum absolute atomic E-state index is 4.74. The van der Waals surface area contributed by atoms with Crippen LogP contribution in [0.15, 0.2) is 36.5 Å².